The Bertz CT molecular complexity index is 689. The van der Waals surface area contributed by atoms with Crippen LogP contribution in [0.5, 0.6) is 5.75 Å². The average Bonchev–Trinajstić information content (AvgIpc) is 2.60. The van der Waals surface area contributed by atoms with Crippen molar-refractivity contribution in [2.75, 3.05) is 7.11 Å². The summed E-state index contributed by atoms with van der Waals surface area (Å²) in [6, 6.07) is 8.49. The lowest BCUT2D eigenvalue weighted by Crippen LogP contribution is -2.53. The summed E-state index contributed by atoms with van der Waals surface area (Å²) in [6.07, 6.45) is 10.9. The average molecular weight is 355 g/mol. The van der Waals surface area contributed by atoms with Crippen LogP contribution in [0, 0.1) is 23.2 Å². The summed E-state index contributed by atoms with van der Waals surface area (Å²) < 4.78 is 5.29. The van der Waals surface area contributed by atoms with Crippen molar-refractivity contribution in [1.29, 1.82) is 0 Å². The van der Waals surface area contributed by atoms with E-state index in [0.717, 1.165) is 28.6 Å². The van der Waals surface area contributed by atoms with Crippen LogP contribution >= 0.6 is 12.2 Å². The molecule has 132 valence electrons. The molecule has 1 aromatic carbocycles. The van der Waals surface area contributed by atoms with Crippen LogP contribution < -0.4 is 15.4 Å². The molecule has 6 rings (SSSR count). The highest BCUT2D eigenvalue weighted by Crippen LogP contribution is 2.62. The molecule has 0 spiro atoms. The highest BCUT2D eigenvalue weighted by atomic mass is 32.1. The summed E-state index contributed by atoms with van der Waals surface area (Å²) in [5, 5.41) is 7.76. The van der Waals surface area contributed by atoms with Gasteiger partial charge >= 0.3 is 0 Å². The van der Waals surface area contributed by atoms with Crippen molar-refractivity contribution in [3.8, 4) is 5.75 Å². The van der Waals surface area contributed by atoms with Crippen LogP contribution in [0.25, 0.3) is 0 Å². The predicted octanol–water partition coefficient (Wildman–Crippen LogP) is 4.31. The minimum atomic E-state index is 0.155. The van der Waals surface area contributed by atoms with E-state index in [2.05, 4.69) is 28.8 Å². The van der Waals surface area contributed by atoms with Crippen LogP contribution in [0.3, 0.4) is 0 Å². The second kappa shape index (κ2) is 5.73. The predicted molar refractivity (Wildman–Crippen MR) is 103 cm³/mol. The van der Waals surface area contributed by atoms with Crippen molar-refractivity contribution < 1.29 is 4.74 Å². The molecule has 4 aliphatic carbocycles. The Balaban J connectivity index is 1.47. The van der Waals surface area contributed by atoms with Crippen molar-refractivity contribution in [1.82, 2.24) is 10.6 Å². The number of hydrogen-bond acceptors (Lipinski definition) is 2. The standard InChI is InChI=1S/C21H26N2OS/c1-24-17-4-2-16(3-5-17)18-9-19(23-20(25)22-18)21-10-13-6-14(11-21)8-15(7-13)12-21/h2-5,9,13-15,18H,6-8,10-12H2,1H3,(H2,22,23,25)/t13?,14?,15?,18-,21?/m1/s1. The van der Waals surface area contributed by atoms with E-state index in [1.807, 2.05) is 12.1 Å². The monoisotopic (exact) mass is 354 g/mol. The van der Waals surface area contributed by atoms with Gasteiger partial charge < -0.3 is 15.4 Å². The van der Waals surface area contributed by atoms with Crippen molar-refractivity contribution >= 4 is 17.3 Å². The second-order valence-electron chi connectivity index (χ2n) is 8.63. The number of ether oxygens (including phenoxy) is 1. The summed E-state index contributed by atoms with van der Waals surface area (Å²) in [5.41, 5.74) is 2.99. The summed E-state index contributed by atoms with van der Waals surface area (Å²) in [6.45, 7) is 0. The number of thiocarbonyl (C=S) groups is 1. The van der Waals surface area contributed by atoms with E-state index in [0.29, 0.717) is 5.41 Å². The maximum absolute atomic E-state index is 5.58. The van der Waals surface area contributed by atoms with Gasteiger partial charge in [0.05, 0.1) is 13.2 Å². The Hall–Kier alpha value is -1.55. The molecule has 1 aromatic rings. The van der Waals surface area contributed by atoms with E-state index in [1.54, 1.807) is 7.11 Å². The molecule has 25 heavy (non-hydrogen) atoms. The number of nitrogens with one attached hydrogen (secondary N) is 2. The summed E-state index contributed by atoms with van der Waals surface area (Å²) in [7, 11) is 1.71. The molecule has 3 nitrogen and oxygen atoms in total. The summed E-state index contributed by atoms with van der Waals surface area (Å²) in [5.74, 6) is 3.72. The molecule has 5 aliphatic rings. The Morgan fingerprint density at radius 1 is 1.00 bits per heavy atom. The first-order chi connectivity index (χ1) is 12.1. The molecule has 1 atom stereocenters. The van der Waals surface area contributed by atoms with E-state index in [4.69, 9.17) is 17.0 Å². The summed E-state index contributed by atoms with van der Waals surface area (Å²) in [4.78, 5) is 0. The molecule has 1 heterocycles. The van der Waals surface area contributed by atoms with Gasteiger partial charge in [-0.2, -0.15) is 0 Å². The molecule has 0 unspecified atom stereocenters. The third-order valence-corrected chi connectivity index (χ3v) is 7.17. The van der Waals surface area contributed by atoms with Gasteiger partial charge in [-0.3, -0.25) is 0 Å². The van der Waals surface area contributed by atoms with Gasteiger partial charge in [0.2, 0.25) is 0 Å². The Kier molecular flexibility index (Phi) is 3.60. The van der Waals surface area contributed by atoms with Crippen molar-refractivity contribution in [2.45, 2.75) is 44.6 Å². The maximum atomic E-state index is 5.58. The zero-order chi connectivity index (χ0) is 17.0. The lowest BCUT2D eigenvalue weighted by atomic mass is 9.48. The van der Waals surface area contributed by atoms with Gasteiger partial charge in [-0.1, -0.05) is 12.1 Å². The number of benzene rings is 1. The first kappa shape index (κ1) is 15.7. The summed E-state index contributed by atoms with van der Waals surface area (Å²) >= 11 is 5.58. The number of allylic oxidation sites excluding steroid dienone is 1. The molecular formula is C21H26N2OS. The molecular weight excluding hydrogens is 328 g/mol. The third-order valence-electron chi connectivity index (χ3n) is 6.95. The molecule has 0 aromatic heterocycles. The van der Waals surface area contributed by atoms with E-state index in [1.165, 1.54) is 49.8 Å². The van der Waals surface area contributed by atoms with Crippen LogP contribution in [0.4, 0.5) is 0 Å². The normalized spacial score (nSPS) is 38.8. The molecule has 0 amide bonds. The van der Waals surface area contributed by atoms with Crippen LogP contribution in [0.1, 0.15) is 50.1 Å². The molecule has 0 saturated heterocycles. The highest BCUT2D eigenvalue weighted by molar-refractivity contribution is 7.80. The molecule has 4 fully saturated rings. The minimum Gasteiger partial charge on any atom is -0.497 e. The Morgan fingerprint density at radius 2 is 1.60 bits per heavy atom. The van der Waals surface area contributed by atoms with E-state index < -0.39 is 0 Å². The van der Waals surface area contributed by atoms with Crippen LogP contribution in [0.15, 0.2) is 36.0 Å². The first-order valence-electron chi connectivity index (χ1n) is 9.57. The molecule has 0 radical (unpaired) electrons. The zero-order valence-corrected chi connectivity index (χ0v) is 15.6. The molecule has 4 heteroatoms. The fourth-order valence-electron chi connectivity index (χ4n) is 6.29. The second-order valence-corrected chi connectivity index (χ2v) is 9.04. The Labute approximate surface area is 155 Å². The molecule has 4 bridgehead atoms. The van der Waals surface area contributed by atoms with Gasteiger partial charge in [0.25, 0.3) is 0 Å². The van der Waals surface area contributed by atoms with Crippen LogP contribution in [0.2, 0.25) is 0 Å². The molecule has 4 saturated carbocycles. The van der Waals surface area contributed by atoms with E-state index >= 15 is 0 Å². The van der Waals surface area contributed by atoms with Crippen molar-refractivity contribution in [3.05, 3.63) is 41.6 Å². The smallest absolute Gasteiger partial charge is 0.171 e. The van der Waals surface area contributed by atoms with Crippen molar-refractivity contribution in [2.24, 2.45) is 23.2 Å². The molecule has 2 N–H and O–H groups in total. The minimum absolute atomic E-state index is 0.155. The SMILES string of the molecule is COc1ccc([C@H]2C=C(C34CC5CC(CC(C5)C3)C4)NC(=S)N2)cc1. The maximum Gasteiger partial charge on any atom is 0.171 e. The van der Waals surface area contributed by atoms with Crippen molar-refractivity contribution in [3.63, 3.8) is 0 Å². The highest BCUT2D eigenvalue weighted by Gasteiger charge is 2.53. The number of rotatable bonds is 3. The van der Waals surface area contributed by atoms with Gasteiger partial charge in [0, 0.05) is 11.1 Å². The lowest BCUT2D eigenvalue weighted by molar-refractivity contribution is -0.0331. The largest absolute Gasteiger partial charge is 0.497 e. The van der Waals surface area contributed by atoms with E-state index in [-0.39, 0.29) is 6.04 Å². The van der Waals surface area contributed by atoms with E-state index in [9.17, 15) is 0 Å². The van der Waals surface area contributed by atoms with Crippen LogP contribution in [-0.4, -0.2) is 12.2 Å². The lowest BCUT2D eigenvalue weighted by Gasteiger charge is -2.58. The van der Waals surface area contributed by atoms with Gasteiger partial charge in [0.15, 0.2) is 5.11 Å². The quantitative estimate of drug-likeness (QED) is 0.792. The van der Waals surface area contributed by atoms with Gasteiger partial charge in [-0.05, 0) is 92.3 Å². The number of hydrogen-bond donors (Lipinski definition) is 2. The Morgan fingerprint density at radius 3 is 2.16 bits per heavy atom. The third kappa shape index (κ3) is 2.66. The van der Waals surface area contributed by atoms with Gasteiger partial charge in [-0.25, -0.2) is 0 Å². The van der Waals surface area contributed by atoms with Gasteiger partial charge in [0.1, 0.15) is 5.75 Å². The molecule has 1 aliphatic heterocycles. The van der Waals surface area contributed by atoms with Gasteiger partial charge in [-0.15, -0.1) is 0 Å². The fraction of sp³-hybridized carbons (Fsp3) is 0.571. The van der Waals surface area contributed by atoms with Crippen LogP contribution in [-0.2, 0) is 0 Å². The zero-order valence-electron chi connectivity index (χ0n) is 14.8. The fourth-order valence-corrected chi connectivity index (χ4v) is 6.53. The topological polar surface area (TPSA) is 33.3 Å². The first-order valence-corrected chi connectivity index (χ1v) is 9.98. The number of methoxy groups -OCH3 is 1.